The minimum atomic E-state index is -4.32. The fourth-order valence-electron chi connectivity index (χ4n) is 2.01. The van der Waals surface area contributed by atoms with Crippen LogP contribution in [0.15, 0.2) is 18.3 Å². The van der Waals surface area contributed by atoms with Gasteiger partial charge in [0.05, 0.1) is 5.56 Å². The summed E-state index contributed by atoms with van der Waals surface area (Å²) in [5.41, 5.74) is -0.715. The Kier molecular flexibility index (Phi) is 4.06. The number of aromatic nitrogens is 1. The van der Waals surface area contributed by atoms with Crippen molar-refractivity contribution in [2.75, 3.05) is 31.5 Å². The molecule has 0 atom stereocenters. The lowest BCUT2D eigenvalue weighted by Gasteiger charge is -2.15. The number of hydrogen-bond acceptors (Lipinski definition) is 3. The smallest absolute Gasteiger partial charge is 0.369 e. The first-order valence-electron chi connectivity index (χ1n) is 6.05. The molecule has 0 radical (unpaired) electrons. The zero-order valence-electron chi connectivity index (χ0n) is 10.0. The number of halogens is 3. The van der Waals surface area contributed by atoms with Crippen LogP contribution in [-0.4, -0.2) is 36.1 Å². The van der Waals surface area contributed by atoms with Crippen molar-refractivity contribution in [1.82, 2.24) is 9.88 Å². The van der Waals surface area contributed by atoms with Gasteiger partial charge in [0.1, 0.15) is 5.82 Å². The summed E-state index contributed by atoms with van der Waals surface area (Å²) in [7, 11) is 0. The third-order valence-corrected chi connectivity index (χ3v) is 3.02. The first-order chi connectivity index (χ1) is 8.55. The maximum Gasteiger partial charge on any atom is 0.417 e. The van der Waals surface area contributed by atoms with Crippen LogP contribution in [-0.2, 0) is 6.18 Å². The minimum absolute atomic E-state index is 0.488. The molecule has 0 spiro atoms. The Balaban J connectivity index is 1.79. The van der Waals surface area contributed by atoms with Gasteiger partial charge in [-0.1, -0.05) is 0 Å². The highest BCUT2D eigenvalue weighted by Crippen LogP contribution is 2.28. The lowest BCUT2D eigenvalue weighted by Crippen LogP contribution is -2.26. The third-order valence-electron chi connectivity index (χ3n) is 3.02. The highest BCUT2D eigenvalue weighted by atomic mass is 19.4. The summed E-state index contributed by atoms with van der Waals surface area (Å²) in [5, 5.41) is 3.03. The molecule has 0 saturated carbocycles. The van der Waals surface area contributed by atoms with Crippen LogP contribution in [0, 0.1) is 0 Å². The first kappa shape index (κ1) is 13.1. The third kappa shape index (κ3) is 3.60. The van der Waals surface area contributed by atoms with Gasteiger partial charge in [0.15, 0.2) is 0 Å². The Morgan fingerprint density at radius 2 is 1.94 bits per heavy atom. The minimum Gasteiger partial charge on any atom is -0.369 e. The molecule has 0 aromatic carbocycles. The fraction of sp³-hybridized carbons (Fsp3) is 0.583. The largest absolute Gasteiger partial charge is 0.417 e. The van der Waals surface area contributed by atoms with Gasteiger partial charge in [0.2, 0.25) is 0 Å². The number of nitrogens with one attached hydrogen (secondary N) is 1. The average molecular weight is 259 g/mol. The lowest BCUT2D eigenvalue weighted by atomic mass is 10.3. The van der Waals surface area contributed by atoms with Crippen molar-refractivity contribution in [2.24, 2.45) is 0 Å². The molecule has 2 rings (SSSR count). The predicted octanol–water partition coefficient (Wildman–Crippen LogP) is 2.61. The van der Waals surface area contributed by atoms with Gasteiger partial charge in [-0.2, -0.15) is 13.2 Å². The van der Waals surface area contributed by atoms with E-state index in [9.17, 15) is 13.2 Å². The molecule has 1 aliphatic rings. The summed E-state index contributed by atoms with van der Waals surface area (Å²) in [6, 6.07) is 2.41. The molecule has 1 aromatic heterocycles. The van der Waals surface area contributed by atoms with Crippen LogP contribution in [0.25, 0.3) is 0 Å². The van der Waals surface area contributed by atoms with E-state index in [1.807, 2.05) is 0 Å². The zero-order chi connectivity index (χ0) is 13.0. The van der Waals surface area contributed by atoms with E-state index in [4.69, 9.17) is 0 Å². The Bertz CT molecular complexity index is 369. The summed E-state index contributed by atoms with van der Waals surface area (Å²) >= 11 is 0. The van der Waals surface area contributed by atoms with E-state index in [1.54, 1.807) is 0 Å². The second-order valence-corrected chi connectivity index (χ2v) is 4.41. The molecule has 1 aliphatic heterocycles. The van der Waals surface area contributed by atoms with E-state index < -0.39 is 11.7 Å². The van der Waals surface area contributed by atoms with Crippen molar-refractivity contribution in [3.05, 3.63) is 23.9 Å². The van der Waals surface area contributed by atoms with Crippen molar-refractivity contribution in [1.29, 1.82) is 0 Å². The Hall–Kier alpha value is -1.30. The van der Waals surface area contributed by atoms with Crippen LogP contribution in [0.2, 0.25) is 0 Å². The summed E-state index contributed by atoms with van der Waals surface area (Å²) in [6.45, 7) is 3.84. The summed E-state index contributed by atoms with van der Waals surface area (Å²) in [4.78, 5) is 6.09. The van der Waals surface area contributed by atoms with Crippen molar-refractivity contribution >= 4 is 5.82 Å². The average Bonchev–Trinajstić information content (AvgIpc) is 2.82. The molecule has 3 nitrogen and oxygen atoms in total. The van der Waals surface area contributed by atoms with Gasteiger partial charge in [-0.05, 0) is 38.1 Å². The van der Waals surface area contributed by atoms with Crippen molar-refractivity contribution < 1.29 is 13.2 Å². The van der Waals surface area contributed by atoms with E-state index in [0.29, 0.717) is 12.4 Å². The van der Waals surface area contributed by atoms with E-state index in [0.717, 1.165) is 31.9 Å². The lowest BCUT2D eigenvalue weighted by molar-refractivity contribution is -0.137. The van der Waals surface area contributed by atoms with E-state index in [-0.39, 0.29) is 0 Å². The number of anilines is 1. The Labute approximate surface area is 104 Å². The normalized spacial score (nSPS) is 17.1. The molecule has 1 fully saturated rings. The first-order valence-corrected chi connectivity index (χ1v) is 6.05. The molecule has 18 heavy (non-hydrogen) atoms. The number of pyridine rings is 1. The molecular formula is C12H16F3N3. The Morgan fingerprint density at radius 3 is 2.50 bits per heavy atom. The molecule has 100 valence electrons. The number of hydrogen-bond donors (Lipinski definition) is 1. The van der Waals surface area contributed by atoms with Crippen LogP contribution >= 0.6 is 0 Å². The zero-order valence-corrected chi connectivity index (χ0v) is 10.0. The Morgan fingerprint density at radius 1 is 1.22 bits per heavy atom. The molecule has 6 heteroatoms. The molecule has 0 aliphatic carbocycles. The van der Waals surface area contributed by atoms with Crippen molar-refractivity contribution in [2.45, 2.75) is 19.0 Å². The standard InChI is InChI=1S/C12H16F3N3/c13-12(14,15)10-3-4-11(17-9-10)16-5-8-18-6-1-2-7-18/h3-4,9H,1-2,5-8H2,(H,16,17). The highest BCUT2D eigenvalue weighted by molar-refractivity contribution is 5.36. The maximum absolute atomic E-state index is 12.3. The quantitative estimate of drug-likeness (QED) is 0.901. The fourth-order valence-corrected chi connectivity index (χ4v) is 2.01. The summed E-state index contributed by atoms with van der Waals surface area (Å²) < 4.78 is 36.9. The summed E-state index contributed by atoms with van der Waals surface area (Å²) in [6.07, 6.45) is -0.990. The summed E-state index contributed by atoms with van der Waals surface area (Å²) in [5.74, 6) is 0.488. The monoisotopic (exact) mass is 259 g/mol. The number of rotatable bonds is 4. The molecule has 1 saturated heterocycles. The van der Waals surface area contributed by atoms with Gasteiger partial charge in [0, 0.05) is 19.3 Å². The second kappa shape index (κ2) is 5.56. The molecule has 0 bridgehead atoms. The van der Waals surface area contributed by atoms with Crippen LogP contribution in [0.5, 0.6) is 0 Å². The maximum atomic E-state index is 12.3. The molecular weight excluding hydrogens is 243 g/mol. The molecule has 1 N–H and O–H groups in total. The van der Waals surface area contributed by atoms with Gasteiger partial charge in [-0.3, -0.25) is 0 Å². The van der Waals surface area contributed by atoms with Gasteiger partial charge in [-0.25, -0.2) is 4.98 Å². The van der Waals surface area contributed by atoms with Gasteiger partial charge in [0.25, 0.3) is 0 Å². The van der Waals surface area contributed by atoms with E-state index in [1.165, 1.54) is 18.9 Å². The predicted molar refractivity (Wildman–Crippen MR) is 63.4 cm³/mol. The number of nitrogens with zero attached hydrogens (tertiary/aromatic N) is 2. The van der Waals surface area contributed by atoms with Gasteiger partial charge in [-0.15, -0.1) is 0 Å². The van der Waals surface area contributed by atoms with Crippen LogP contribution in [0.4, 0.5) is 19.0 Å². The SMILES string of the molecule is FC(F)(F)c1ccc(NCCN2CCCC2)nc1. The van der Waals surface area contributed by atoms with Crippen molar-refractivity contribution in [3.63, 3.8) is 0 Å². The van der Waals surface area contributed by atoms with Crippen LogP contribution in [0.1, 0.15) is 18.4 Å². The number of likely N-dealkylation sites (tertiary alicyclic amines) is 1. The second-order valence-electron chi connectivity index (χ2n) is 4.41. The van der Waals surface area contributed by atoms with Crippen LogP contribution in [0.3, 0.4) is 0 Å². The molecule has 1 aromatic rings. The molecule has 2 heterocycles. The van der Waals surface area contributed by atoms with E-state index >= 15 is 0 Å². The van der Waals surface area contributed by atoms with Crippen LogP contribution < -0.4 is 5.32 Å². The van der Waals surface area contributed by atoms with E-state index in [2.05, 4.69) is 15.2 Å². The topological polar surface area (TPSA) is 28.2 Å². The highest BCUT2D eigenvalue weighted by Gasteiger charge is 2.30. The van der Waals surface area contributed by atoms with Gasteiger partial charge < -0.3 is 10.2 Å². The molecule has 0 unspecified atom stereocenters. The van der Waals surface area contributed by atoms with Gasteiger partial charge >= 0.3 is 6.18 Å². The molecule has 0 amide bonds. The number of alkyl halides is 3. The van der Waals surface area contributed by atoms with Crippen molar-refractivity contribution in [3.8, 4) is 0 Å².